The molecule has 1 aliphatic rings. The van der Waals surface area contributed by atoms with Crippen LogP contribution in [-0.4, -0.2) is 21.4 Å². The van der Waals surface area contributed by atoms with Crippen molar-refractivity contribution in [2.45, 2.75) is 12.0 Å². The zero-order valence-electron chi connectivity index (χ0n) is 13.3. The highest BCUT2D eigenvalue weighted by Crippen LogP contribution is 2.38. The average Bonchev–Trinajstić information content (AvgIpc) is 3.24. The van der Waals surface area contributed by atoms with E-state index in [1.54, 1.807) is 42.5 Å². The van der Waals surface area contributed by atoms with Crippen LogP contribution in [0.1, 0.15) is 22.3 Å². The van der Waals surface area contributed by atoms with Gasteiger partial charge >= 0.3 is 0 Å². The monoisotopic (exact) mass is 332 g/mol. The fourth-order valence-electron chi connectivity index (χ4n) is 3.16. The van der Waals surface area contributed by atoms with Crippen molar-refractivity contribution in [1.82, 2.24) is 4.57 Å². The van der Waals surface area contributed by atoms with Gasteiger partial charge in [-0.1, -0.05) is 30.3 Å². The molecule has 1 aliphatic heterocycles. The van der Waals surface area contributed by atoms with Crippen molar-refractivity contribution in [3.05, 3.63) is 84.2 Å². The predicted octanol–water partition coefficient (Wildman–Crippen LogP) is 2.89. The molecule has 2 heterocycles. The lowest BCUT2D eigenvalue weighted by Gasteiger charge is -2.20. The van der Waals surface area contributed by atoms with Crippen molar-refractivity contribution in [1.29, 1.82) is 0 Å². The number of aromatic nitrogens is 1. The normalized spacial score (nSPS) is 18.7. The summed E-state index contributed by atoms with van der Waals surface area (Å²) in [6, 6.07) is 17.8. The second-order valence-corrected chi connectivity index (χ2v) is 6.10. The summed E-state index contributed by atoms with van der Waals surface area (Å²) in [7, 11) is 0. The third-order valence-electron chi connectivity index (χ3n) is 4.48. The molecular formula is C20H16N2O3. The van der Waals surface area contributed by atoms with Gasteiger partial charge in [0.15, 0.2) is 11.4 Å². The molecule has 0 spiro atoms. The van der Waals surface area contributed by atoms with Crippen molar-refractivity contribution >= 4 is 17.4 Å². The molecule has 0 bridgehead atoms. The van der Waals surface area contributed by atoms with Gasteiger partial charge in [0.25, 0.3) is 5.91 Å². The maximum atomic E-state index is 12.7. The number of anilines is 1. The van der Waals surface area contributed by atoms with Crippen LogP contribution in [0.25, 0.3) is 5.69 Å². The van der Waals surface area contributed by atoms with Crippen LogP contribution in [0.3, 0.4) is 0 Å². The standard InChI is InChI=1S/C20H16N2O3/c23-18(14-6-5-7-15(12-14)22-10-3-4-11-22)13-20(25)16-8-1-2-9-17(16)21-19(20)24/h1-12,25H,13H2,(H,21,24)/t20-/m0/s1. The number of para-hydroxylation sites is 1. The molecule has 0 saturated heterocycles. The van der Waals surface area contributed by atoms with E-state index in [0.29, 0.717) is 16.8 Å². The Morgan fingerprint density at radius 3 is 2.60 bits per heavy atom. The highest BCUT2D eigenvalue weighted by molar-refractivity contribution is 6.09. The predicted molar refractivity (Wildman–Crippen MR) is 93.7 cm³/mol. The first-order valence-electron chi connectivity index (χ1n) is 7.98. The van der Waals surface area contributed by atoms with Gasteiger partial charge in [0.05, 0.1) is 6.42 Å². The molecule has 5 heteroatoms. The summed E-state index contributed by atoms with van der Waals surface area (Å²) in [6.07, 6.45) is 3.47. The van der Waals surface area contributed by atoms with E-state index in [0.717, 1.165) is 5.69 Å². The van der Waals surface area contributed by atoms with E-state index in [1.807, 2.05) is 35.2 Å². The zero-order chi connectivity index (χ0) is 17.4. The van der Waals surface area contributed by atoms with E-state index in [-0.39, 0.29) is 12.2 Å². The summed E-state index contributed by atoms with van der Waals surface area (Å²) in [5, 5.41) is 13.5. The summed E-state index contributed by atoms with van der Waals surface area (Å²) < 4.78 is 1.89. The molecule has 2 N–H and O–H groups in total. The fourth-order valence-corrected chi connectivity index (χ4v) is 3.16. The Morgan fingerprint density at radius 1 is 1.04 bits per heavy atom. The van der Waals surface area contributed by atoms with Gasteiger partial charge in [-0.2, -0.15) is 0 Å². The highest BCUT2D eigenvalue weighted by Gasteiger charge is 2.46. The number of Topliss-reactive ketones (excluding diaryl/α,β-unsaturated/α-hetero) is 1. The molecule has 1 atom stereocenters. The molecule has 0 fully saturated rings. The van der Waals surface area contributed by atoms with Crippen LogP contribution in [0.5, 0.6) is 0 Å². The molecule has 0 aliphatic carbocycles. The summed E-state index contributed by atoms with van der Waals surface area (Å²) in [5.41, 5.74) is 0.451. The molecule has 1 amide bonds. The van der Waals surface area contributed by atoms with Crippen LogP contribution < -0.4 is 5.32 Å². The largest absolute Gasteiger partial charge is 0.375 e. The van der Waals surface area contributed by atoms with Gasteiger partial charge in [0, 0.05) is 34.9 Å². The molecule has 3 aromatic rings. The van der Waals surface area contributed by atoms with Gasteiger partial charge in [0.2, 0.25) is 0 Å². The Hall–Kier alpha value is -3.18. The van der Waals surface area contributed by atoms with Gasteiger partial charge in [-0.15, -0.1) is 0 Å². The number of nitrogens with zero attached hydrogens (tertiary/aromatic N) is 1. The lowest BCUT2D eigenvalue weighted by molar-refractivity contribution is -0.133. The first-order valence-corrected chi connectivity index (χ1v) is 7.98. The summed E-state index contributed by atoms with van der Waals surface area (Å²) >= 11 is 0. The van der Waals surface area contributed by atoms with Crippen LogP contribution in [-0.2, 0) is 10.4 Å². The third-order valence-corrected chi connectivity index (χ3v) is 4.48. The maximum absolute atomic E-state index is 12.7. The van der Waals surface area contributed by atoms with Gasteiger partial charge in [-0.3, -0.25) is 9.59 Å². The van der Waals surface area contributed by atoms with Crippen molar-refractivity contribution in [3.63, 3.8) is 0 Å². The maximum Gasteiger partial charge on any atom is 0.261 e. The van der Waals surface area contributed by atoms with Crippen molar-refractivity contribution in [2.24, 2.45) is 0 Å². The first kappa shape index (κ1) is 15.4. The van der Waals surface area contributed by atoms with E-state index >= 15 is 0 Å². The summed E-state index contributed by atoms with van der Waals surface area (Å²) in [5.74, 6) is -0.855. The van der Waals surface area contributed by atoms with E-state index in [4.69, 9.17) is 0 Å². The van der Waals surface area contributed by atoms with E-state index < -0.39 is 11.5 Å². The Morgan fingerprint density at radius 2 is 1.80 bits per heavy atom. The first-order chi connectivity index (χ1) is 12.1. The number of benzene rings is 2. The quantitative estimate of drug-likeness (QED) is 0.722. The molecular weight excluding hydrogens is 316 g/mol. The SMILES string of the molecule is O=C(C[C@@]1(O)C(=O)Nc2ccccc21)c1cccc(-n2cccc2)c1. The molecule has 1 aromatic heterocycles. The molecule has 0 unspecified atom stereocenters. The highest BCUT2D eigenvalue weighted by atomic mass is 16.3. The molecule has 25 heavy (non-hydrogen) atoms. The van der Waals surface area contributed by atoms with E-state index in [2.05, 4.69) is 5.32 Å². The van der Waals surface area contributed by atoms with E-state index in [9.17, 15) is 14.7 Å². The van der Waals surface area contributed by atoms with Crippen LogP contribution in [0.15, 0.2) is 73.1 Å². The molecule has 2 aromatic carbocycles. The van der Waals surface area contributed by atoms with Crippen molar-refractivity contribution in [3.8, 4) is 5.69 Å². The molecule has 124 valence electrons. The van der Waals surface area contributed by atoms with Crippen LogP contribution in [0, 0.1) is 0 Å². The van der Waals surface area contributed by atoms with Crippen LogP contribution in [0.4, 0.5) is 5.69 Å². The lowest BCUT2D eigenvalue weighted by Crippen LogP contribution is -2.36. The molecule has 0 saturated carbocycles. The van der Waals surface area contributed by atoms with Crippen LogP contribution in [0.2, 0.25) is 0 Å². The number of carbonyl (C=O) groups excluding carboxylic acids is 2. The molecule has 0 radical (unpaired) electrons. The number of aliphatic hydroxyl groups is 1. The van der Waals surface area contributed by atoms with Crippen molar-refractivity contribution in [2.75, 3.05) is 5.32 Å². The molecule has 4 rings (SSSR count). The topological polar surface area (TPSA) is 71.3 Å². The molecule has 5 nitrogen and oxygen atoms in total. The minimum atomic E-state index is -1.84. The number of hydrogen-bond donors (Lipinski definition) is 2. The number of nitrogens with one attached hydrogen (secondary N) is 1. The Balaban J connectivity index is 1.65. The second kappa shape index (κ2) is 5.72. The average molecular weight is 332 g/mol. The number of amides is 1. The third kappa shape index (κ3) is 2.55. The Kier molecular flexibility index (Phi) is 3.51. The van der Waals surface area contributed by atoms with Gasteiger partial charge in [0.1, 0.15) is 0 Å². The minimum absolute atomic E-state index is 0.289. The second-order valence-electron chi connectivity index (χ2n) is 6.10. The minimum Gasteiger partial charge on any atom is -0.375 e. The zero-order valence-corrected chi connectivity index (χ0v) is 13.3. The summed E-state index contributed by atoms with van der Waals surface area (Å²) in [6.45, 7) is 0. The van der Waals surface area contributed by atoms with E-state index in [1.165, 1.54) is 0 Å². The smallest absolute Gasteiger partial charge is 0.261 e. The van der Waals surface area contributed by atoms with Gasteiger partial charge in [-0.05, 0) is 30.3 Å². The number of hydrogen-bond acceptors (Lipinski definition) is 3. The van der Waals surface area contributed by atoms with Gasteiger partial charge in [-0.25, -0.2) is 0 Å². The number of fused-ring (bicyclic) bond motifs is 1. The Labute approximate surface area is 144 Å². The number of carbonyl (C=O) groups is 2. The lowest BCUT2D eigenvalue weighted by atomic mass is 9.88. The Bertz CT molecular complexity index is 963. The van der Waals surface area contributed by atoms with Crippen molar-refractivity contribution < 1.29 is 14.7 Å². The van der Waals surface area contributed by atoms with Crippen LogP contribution >= 0.6 is 0 Å². The number of rotatable bonds is 4. The number of ketones is 1. The summed E-state index contributed by atoms with van der Waals surface area (Å²) in [4.78, 5) is 25.0. The fraction of sp³-hybridized carbons (Fsp3) is 0.100. The van der Waals surface area contributed by atoms with Gasteiger partial charge < -0.3 is 15.0 Å².